The molecule has 14 heteroatoms. The Kier molecular flexibility index (Phi) is 8.68. The van der Waals surface area contributed by atoms with Gasteiger partial charge >= 0.3 is 24.3 Å². The van der Waals surface area contributed by atoms with Crippen molar-refractivity contribution < 1.29 is 45.4 Å². The summed E-state index contributed by atoms with van der Waals surface area (Å²) >= 11 is 0. The van der Waals surface area contributed by atoms with E-state index in [9.17, 15) is 35.9 Å². The normalized spacial score (nSPS) is 15.8. The molecular weight excluding hydrogens is 522 g/mol. The number of rotatable bonds is 0. The van der Waals surface area contributed by atoms with Gasteiger partial charge in [-0.2, -0.15) is 26.3 Å². The second kappa shape index (κ2) is 11.9. The summed E-state index contributed by atoms with van der Waals surface area (Å²) in [5.74, 6) is -5.46. The van der Waals surface area contributed by atoms with Gasteiger partial charge in [0.15, 0.2) is 0 Å². The summed E-state index contributed by atoms with van der Waals surface area (Å²) in [6.07, 6.45) is -2.44. The summed E-state index contributed by atoms with van der Waals surface area (Å²) < 4.78 is 81.7. The molecule has 0 fully saturated rings. The fourth-order valence-corrected chi connectivity index (χ4v) is 2.73. The molecule has 8 nitrogen and oxygen atoms in total. The van der Waals surface area contributed by atoms with Gasteiger partial charge in [-0.1, -0.05) is 36.4 Å². The van der Waals surface area contributed by atoms with Crippen LogP contribution in [0.3, 0.4) is 0 Å². The minimum absolute atomic E-state index is 0.258. The van der Waals surface area contributed by atoms with Crippen molar-refractivity contribution in [3.8, 4) is 0 Å². The number of halogens is 6. The number of esters is 2. The first kappa shape index (κ1) is 27.7. The number of alkyl halides is 6. The third-order valence-electron chi connectivity index (χ3n) is 4.34. The largest absolute Gasteiger partial charge is 0.491 e. The third kappa shape index (κ3) is 7.56. The lowest BCUT2D eigenvalue weighted by atomic mass is 10.1. The first-order valence-electron chi connectivity index (χ1n) is 10.3. The molecule has 4 rings (SSSR count). The SMILES string of the molecule is O=C(OC1=N/C=C\N=Cc2ccccc21)C(F)(F)F.O=C(OC1=N/C=C\N=Cc2ccccc21)C(F)(F)F. The van der Waals surface area contributed by atoms with E-state index >= 15 is 0 Å². The van der Waals surface area contributed by atoms with Gasteiger partial charge in [0.05, 0.1) is 0 Å². The summed E-state index contributed by atoms with van der Waals surface area (Å²) in [6, 6.07) is 12.8. The number of aliphatic imine (C=N–C) groups is 4. The standard InChI is InChI=1S/2C12H7F3N2O2/c2*13-12(14,15)11(18)19-10-9-4-2-1-3-8(9)7-16-5-6-17-10/h2*1-7H/b2*6-5-,8-7?,10-9?,16-5?,16-7?,17-6?,17-10?. The Labute approximate surface area is 210 Å². The van der Waals surface area contributed by atoms with Gasteiger partial charge in [0, 0.05) is 59.5 Å². The van der Waals surface area contributed by atoms with E-state index < -0.39 is 36.1 Å². The molecule has 0 N–H and O–H groups in total. The Morgan fingerprint density at radius 2 is 0.947 bits per heavy atom. The number of carbonyl (C=O) groups is 2. The van der Waals surface area contributed by atoms with Gasteiger partial charge in [-0.3, -0.25) is 9.98 Å². The van der Waals surface area contributed by atoms with E-state index in [4.69, 9.17) is 0 Å². The zero-order chi connectivity index (χ0) is 27.8. The van der Waals surface area contributed by atoms with Gasteiger partial charge in [-0.25, -0.2) is 19.6 Å². The fraction of sp³-hybridized carbons (Fsp3) is 0.0833. The number of nitrogens with zero attached hydrogens (tertiary/aromatic N) is 4. The van der Waals surface area contributed by atoms with Crippen molar-refractivity contribution in [2.24, 2.45) is 20.0 Å². The van der Waals surface area contributed by atoms with Gasteiger partial charge in [-0.15, -0.1) is 0 Å². The van der Waals surface area contributed by atoms with Gasteiger partial charge in [0.1, 0.15) is 0 Å². The van der Waals surface area contributed by atoms with Crippen molar-refractivity contribution in [3.05, 3.63) is 95.6 Å². The Bertz CT molecular complexity index is 1280. The molecule has 0 aliphatic carbocycles. The van der Waals surface area contributed by atoms with Crippen molar-refractivity contribution in [1.29, 1.82) is 0 Å². The van der Waals surface area contributed by atoms with E-state index in [2.05, 4.69) is 29.4 Å². The Balaban J connectivity index is 0.000000211. The van der Waals surface area contributed by atoms with Crippen LogP contribution >= 0.6 is 0 Å². The van der Waals surface area contributed by atoms with E-state index in [-0.39, 0.29) is 11.1 Å². The molecule has 2 aliphatic rings. The second-order valence-corrected chi connectivity index (χ2v) is 6.97. The van der Waals surface area contributed by atoms with E-state index in [0.29, 0.717) is 11.1 Å². The Morgan fingerprint density at radius 1 is 0.579 bits per heavy atom. The molecule has 2 aromatic rings. The zero-order valence-corrected chi connectivity index (χ0v) is 18.8. The smallest absolute Gasteiger partial charge is 0.400 e. The quantitative estimate of drug-likeness (QED) is 0.354. The highest BCUT2D eigenvalue weighted by Crippen LogP contribution is 2.20. The van der Waals surface area contributed by atoms with E-state index in [1.54, 1.807) is 36.4 Å². The summed E-state index contributed by atoms with van der Waals surface area (Å²) in [7, 11) is 0. The maximum absolute atomic E-state index is 12.2. The number of hydrogen-bond acceptors (Lipinski definition) is 8. The summed E-state index contributed by atoms with van der Waals surface area (Å²) in [4.78, 5) is 36.7. The molecule has 2 aromatic carbocycles. The number of hydrogen-bond donors (Lipinski definition) is 0. The molecule has 0 spiro atoms. The van der Waals surface area contributed by atoms with E-state index in [0.717, 1.165) is 12.4 Å². The molecule has 2 heterocycles. The van der Waals surface area contributed by atoms with Gasteiger partial charge in [0.2, 0.25) is 11.8 Å². The molecule has 0 atom stereocenters. The predicted octanol–water partition coefficient (Wildman–Crippen LogP) is 4.88. The molecule has 0 radical (unpaired) electrons. The second-order valence-electron chi connectivity index (χ2n) is 6.97. The maximum Gasteiger partial charge on any atom is 0.491 e. The van der Waals surface area contributed by atoms with Crippen LogP contribution in [-0.2, 0) is 19.1 Å². The van der Waals surface area contributed by atoms with Crippen LogP contribution in [0.15, 0.2) is 93.3 Å². The van der Waals surface area contributed by atoms with Crippen molar-refractivity contribution >= 4 is 36.2 Å². The van der Waals surface area contributed by atoms with Gasteiger partial charge in [-0.05, 0) is 12.1 Å². The monoisotopic (exact) mass is 536 g/mol. The highest BCUT2D eigenvalue weighted by molar-refractivity contribution is 6.08. The van der Waals surface area contributed by atoms with Crippen LogP contribution in [0, 0.1) is 0 Å². The lowest BCUT2D eigenvalue weighted by Crippen LogP contribution is -2.28. The Morgan fingerprint density at radius 3 is 1.32 bits per heavy atom. The average molecular weight is 536 g/mol. The van der Waals surface area contributed by atoms with Crippen molar-refractivity contribution in [1.82, 2.24) is 0 Å². The number of ether oxygens (including phenoxy) is 2. The maximum atomic E-state index is 12.2. The van der Waals surface area contributed by atoms with Crippen LogP contribution in [0.25, 0.3) is 0 Å². The van der Waals surface area contributed by atoms with Crippen LogP contribution in [0.2, 0.25) is 0 Å². The van der Waals surface area contributed by atoms with Crippen LogP contribution in [0.5, 0.6) is 0 Å². The number of benzene rings is 2. The number of carbonyl (C=O) groups excluding carboxylic acids is 2. The van der Waals surface area contributed by atoms with Crippen LogP contribution in [-0.4, -0.2) is 48.5 Å². The van der Waals surface area contributed by atoms with Crippen LogP contribution in [0.1, 0.15) is 22.3 Å². The summed E-state index contributed by atoms with van der Waals surface area (Å²) in [6.45, 7) is 0. The highest BCUT2D eigenvalue weighted by Gasteiger charge is 2.43. The van der Waals surface area contributed by atoms with Crippen molar-refractivity contribution in [2.75, 3.05) is 0 Å². The van der Waals surface area contributed by atoms with Gasteiger partial charge < -0.3 is 9.47 Å². The third-order valence-corrected chi connectivity index (χ3v) is 4.34. The highest BCUT2D eigenvalue weighted by atomic mass is 19.4. The minimum Gasteiger partial charge on any atom is -0.400 e. The molecule has 2 aliphatic heterocycles. The van der Waals surface area contributed by atoms with E-state index in [1.165, 1.54) is 37.0 Å². The molecule has 0 unspecified atom stereocenters. The lowest BCUT2D eigenvalue weighted by molar-refractivity contribution is -0.191. The van der Waals surface area contributed by atoms with Crippen LogP contribution < -0.4 is 0 Å². The molecular formula is C24H14F6N4O4. The first-order valence-corrected chi connectivity index (χ1v) is 10.3. The minimum atomic E-state index is -5.07. The van der Waals surface area contributed by atoms with E-state index in [1.807, 2.05) is 0 Å². The average Bonchev–Trinajstić information content (AvgIpc) is 2.83. The molecule has 0 saturated carbocycles. The summed E-state index contributed by atoms with van der Waals surface area (Å²) in [5.41, 5.74) is 1.52. The zero-order valence-electron chi connectivity index (χ0n) is 18.8. The summed E-state index contributed by atoms with van der Waals surface area (Å²) in [5, 5.41) is 0. The topological polar surface area (TPSA) is 102 Å². The molecule has 0 amide bonds. The Hall–Kier alpha value is -4.88. The molecule has 38 heavy (non-hydrogen) atoms. The van der Waals surface area contributed by atoms with Crippen molar-refractivity contribution in [3.63, 3.8) is 0 Å². The first-order chi connectivity index (χ1) is 18.0. The van der Waals surface area contributed by atoms with Crippen LogP contribution in [0.4, 0.5) is 26.3 Å². The fourth-order valence-electron chi connectivity index (χ4n) is 2.73. The molecule has 0 saturated heterocycles. The van der Waals surface area contributed by atoms with Gasteiger partial charge in [0.25, 0.3) is 0 Å². The number of fused-ring (bicyclic) bond motifs is 2. The lowest BCUT2D eigenvalue weighted by Gasteiger charge is -2.11. The molecule has 0 aromatic heterocycles. The molecule has 0 bridgehead atoms. The molecule has 196 valence electrons. The van der Waals surface area contributed by atoms with Crippen molar-refractivity contribution in [2.45, 2.75) is 12.4 Å². The predicted molar refractivity (Wildman–Crippen MR) is 124 cm³/mol.